The van der Waals surface area contributed by atoms with Gasteiger partial charge in [-0.3, -0.25) is 4.99 Å². The van der Waals surface area contributed by atoms with Crippen molar-refractivity contribution < 1.29 is 0 Å². The van der Waals surface area contributed by atoms with Crippen LogP contribution in [-0.2, 0) is 6.54 Å². The van der Waals surface area contributed by atoms with Gasteiger partial charge in [-0.25, -0.2) is 0 Å². The van der Waals surface area contributed by atoms with Gasteiger partial charge in [0.1, 0.15) is 0 Å². The standard InChI is InChI=1S/C53H40N2/c1-4-15-44-40(5-2)47(32-49-43-22-9-8-20-41(43)42-21-10-11-23-45(42)53(44)49)38-19-14-18-35(28-38)37-26-27-51-48(31-37)46-30-36-17-7-6-16-34(36)29-39(46)33-55(51)52-25-13-12-24-50(52)54-3/h5-32H,3-4,33H2,1-2H3/b40-5+,44-15+. The molecule has 2 heteroatoms. The Morgan fingerprint density at radius 3 is 1.96 bits per heavy atom. The van der Waals surface area contributed by atoms with E-state index in [1.165, 1.54) is 98.2 Å². The molecule has 0 unspecified atom stereocenters. The Bertz CT molecular complexity index is 3150. The summed E-state index contributed by atoms with van der Waals surface area (Å²) in [5, 5.41) is 12.9. The maximum atomic E-state index is 4.41. The van der Waals surface area contributed by atoms with Crippen molar-refractivity contribution in [2.45, 2.75) is 26.8 Å². The molecule has 0 amide bonds. The second kappa shape index (κ2) is 13.3. The van der Waals surface area contributed by atoms with Gasteiger partial charge in [0, 0.05) is 17.8 Å². The second-order valence-corrected chi connectivity index (χ2v) is 14.6. The van der Waals surface area contributed by atoms with Gasteiger partial charge in [-0.1, -0.05) is 128 Å². The van der Waals surface area contributed by atoms with Gasteiger partial charge in [-0.15, -0.1) is 0 Å². The molecule has 0 spiro atoms. The zero-order chi connectivity index (χ0) is 37.0. The number of fused-ring (bicyclic) bond motifs is 10. The van der Waals surface area contributed by atoms with Crippen LogP contribution in [0.5, 0.6) is 0 Å². The van der Waals surface area contributed by atoms with Crippen LogP contribution in [0.1, 0.15) is 25.8 Å². The average molecular weight is 705 g/mol. The van der Waals surface area contributed by atoms with Crippen molar-refractivity contribution in [1.82, 2.24) is 0 Å². The molecule has 0 saturated heterocycles. The minimum Gasteiger partial charge on any atom is -0.335 e. The van der Waals surface area contributed by atoms with Crippen LogP contribution in [0.15, 0.2) is 163 Å². The summed E-state index contributed by atoms with van der Waals surface area (Å²) in [4.78, 5) is 6.81. The van der Waals surface area contributed by atoms with Crippen LogP contribution in [-0.4, -0.2) is 6.72 Å². The number of anilines is 2. The van der Waals surface area contributed by atoms with Crippen LogP contribution in [0.2, 0.25) is 0 Å². The molecule has 9 aromatic carbocycles. The van der Waals surface area contributed by atoms with Crippen molar-refractivity contribution in [3.8, 4) is 33.4 Å². The van der Waals surface area contributed by atoms with Crippen molar-refractivity contribution in [3.63, 3.8) is 0 Å². The summed E-state index contributed by atoms with van der Waals surface area (Å²) >= 11 is 0. The van der Waals surface area contributed by atoms with Crippen molar-refractivity contribution >= 4 is 79.0 Å². The first-order chi connectivity index (χ1) is 27.1. The predicted molar refractivity (Wildman–Crippen MR) is 238 cm³/mol. The highest BCUT2D eigenvalue weighted by Gasteiger charge is 2.26. The smallest absolute Gasteiger partial charge is 0.0859 e. The van der Waals surface area contributed by atoms with E-state index in [0.717, 1.165) is 24.3 Å². The Balaban J connectivity index is 1.19. The topological polar surface area (TPSA) is 15.6 Å². The summed E-state index contributed by atoms with van der Waals surface area (Å²) in [5.41, 5.74) is 11.8. The number of rotatable bonds is 5. The molecule has 9 aromatic rings. The lowest BCUT2D eigenvalue weighted by Gasteiger charge is -2.34. The number of benzene rings is 9. The molecule has 0 saturated carbocycles. The highest BCUT2D eigenvalue weighted by Crippen LogP contribution is 2.47. The molecule has 0 radical (unpaired) electrons. The fourth-order valence-electron chi connectivity index (χ4n) is 9.08. The van der Waals surface area contributed by atoms with Crippen molar-refractivity contribution in [3.05, 3.63) is 174 Å². The third-order valence-corrected chi connectivity index (χ3v) is 11.5. The van der Waals surface area contributed by atoms with Gasteiger partial charge >= 0.3 is 0 Å². The number of aliphatic imine (C=N–C) groups is 1. The Morgan fingerprint density at radius 1 is 0.545 bits per heavy atom. The van der Waals surface area contributed by atoms with Gasteiger partial charge in [0.15, 0.2) is 0 Å². The maximum absolute atomic E-state index is 4.41. The van der Waals surface area contributed by atoms with E-state index in [-0.39, 0.29) is 0 Å². The molecule has 0 fully saturated rings. The van der Waals surface area contributed by atoms with E-state index in [9.17, 15) is 0 Å². The lowest BCUT2D eigenvalue weighted by atomic mass is 9.87. The minimum atomic E-state index is 0.758. The van der Waals surface area contributed by atoms with E-state index in [1.807, 2.05) is 12.1 Å². The van der Waals surface area contributed by atoms with E-state index in [4.69, 9.17) is 0 Å². The lowest BCUT2D eigenvalue weighted by Crippen LogP contribution is -2.28. The van der Waals surface area contributed by atoms with Crippen LogP contribution in [0.4, 0.5) is 17.1 Å². The summed E-state index contributed by atoms with van der Waals surface area (Å²) in [6, 6.07) is 58.0. The zero-order valence-corrected chi connectivity index (χ0v) is 31.2. The Kier molecular flexibility index (Phi) is 7.92. The van der Waals surface area contributed by atoms with Crippen LogP contribution < -0.4 is 15.3 Å². The molecule has 0 bridgehead atoms. The second-order valence-electron chi connectivity index (χ2n) is 14.6. The highest BCUT2D eigenvalue weighted by molar-refractivity contribution is 6.26. The van der Waals surface area contributed by atoms with Gasteiger partial charge < -0.3 is 4.90 Å². The summed E-state index contributed by atoms with van der Waals surface area (Å²) in [7, 11) is 0. The Morgan fingerprint density at radius 2 is 1.20 bits per heavy atom. The molecular weight excluding hydrogens is 665 g/mol. The molecule has 10 rings (SSSR count). The van der Waals surface area contributed by atoms with E-state index in [0.29, 0.717) is 0 Å². The van der Waals surface area contributed by atoms with Crippen molar-refractivity contribution in [1.29, 1.82) is 0 Å². The molecule has 1 heterocycles. The monoisotopic (exact) mass is 704 g/mol. The molecule has 1 aliphatic rings. The third-order valence-electron chi connectivity index (χ3n) is 11.5. The lowest BCUT2D eigenvalue weighted by molar-refractivity contribution is 0.963. The fraction of sp³-hybridized carbons (Fsp3) is 0.0755. The van der Waals surface area contributed by atoms with E-state index < -0.39 is 0 Å². The van der Waals surface area contributed by atoms with Crippen LogP contribution in [0.25, 0.3) is 88.6 Å². The molecule has 0 aliphatic carbocycles. The molecule has 0 aromatic heterocycles. The average Bonchev–Trinajstić information content (AvgIpc) is 3.25. The number of hydrogen-bond acceptors (Lipinski definition) is 2. The summed E-state index contributed by atoms with van der Waals surface area (Å²) in [6.45, 7) is 9.09. The third kappa shape index (κ3) is 5.28. The first kappa shape index (κ1) is 32.8. The first-order valence-electron chi connectivity index (χ1n) is 19.3. The van der Waals surface area contributed by atoms with Gasteiger partial charge in [0.2, 0.25) is 0 Å². The first-order valence-corrected chi connectivity index (χ1v) is 19.3. The molecule has 1 aliphatic heterocycles. The highest BCUT2D eigenvalue weighted by atomic mass is 15.2. The number of nitrogens with zero attached hydrogens (tertiary/aromatic N) is 2. The fourth-order valence-corrected chi connectivity index (χ4v) is 9.08. The van der Waals surface area contributed by atoms with Crippen LogP contribution >= 0.6 is 0 Å². The van der Waals surface area contributed by atoms with E-state index >= 15 is 0 Å². The maximum Gasteiger partial charge on any atom is 0.0859 e. The normalized spacial score (nSPS) is 13.2. The van der Waals surface area contributed by atoms with Gasteiger partial charge in [0.05, 0.1) is 11.4 Å². The van der Waals surface area contributed by atoms with E-state index in [2.05, 4.69) is 188 Å². The van der Waals surface area contributed by atoms with Crippen molar-refractivity contribution in [2.75, 3.05) is 4.90 Å². The van der Waals surface area contributed by atoms with E-state index in [1.54, 1.807) is 0 Å². The quantitative estimate of drug-likeness (QED) is 0.129. The molecule has 2 nitrogen and oxygen atoms in total. The largest absolute Gasteiger partial charge is 0.335 e. The Hall–Kier alpha value is -6.77. The molecule has 55 heavy (non-hydrogen) atoms. The van der Waals surface area contributed by atoms with Gasteiger partial charge in [-0.2, -0.15) is 0 Å². The van der Waals surface area contributed by atoms with Crippen molar-refractivity contribution in [2.24, 2.45) is 4.99 Å². The number of para-hydroxylation sites is 2. The SMILES string of the molecule is C=Nc1ccccc1N1Cc2cc3ccccc3cc2-c2cc(-c3cccc(-c4cc5c6ccccc6c6ccccc6c5c(=C/CC)/c4=C\C)c3)ccc21. The van der Waals surface area contributed by atoms with Gasteiger partial charge in [0.25, 0.3) is 0 Å². The van der Waals surface area contributed by atoms with Gasteiger partial charge in [-0.05, 0) is 156 Å². The number of hydrogen-bond donors (Lipinski definition) is 0. The molecule has 0 N–H and O–H groups in total. The summed E-state index contributed by atoms with van der Waals surface area (Å²) in [6.07, 6.45) is 5.68. The summed E-state index contributed by atoms with van der Waals surface area (Å²) < 4.78 is 0. The molecule has 0 atom stereocenters. The minimum absolute atomic E-state index is 0.758. The Labute approximate surface area is 321 Å². The zero-order valence-electron chi connectivity index (χ0n) is 31.2. The summed E-state index contributed by atoms with van der Waals surface area (Å²) in [5.74, 6) is 0. The molecule has 262 valence electrons. The van der Waals surface area contributed by atoms with Crippen LogP contribution in [0, 0.1) is 0 Å². The predicted octanol–water partition coefficient (Wildman–Crippen LogP) is 13.3. The van der Waals surface area contributed by atoms with Crippen LogP contribution in [0.3, 0.4) is 0 Å². The molecular formula is C53H40N2.